The molecule has 1 amide bonds. The minimum atomic E-state index is -5.15. The third-order valence-electron chi connectivity index (χ3n) is 6.41. The van der Waals surface area contributed by atoms with Gasteiger partial charge in [0.15, 0.2) is 6.10 Å². The van der Waals surface area contributed by atoms with E-state index in [1.54, 1.807) is 49.4 Å². The van der Waals surface area contributed by atoms with Gasteiger partial charge in [0.05, 0.1) is 23.1 Å². The number of alkyl halides is 3. The quantitative estimate of drug-likeness (QED) is 0.337. The van der Waals surface area contributed by atoms with E-state index in [1.807, 2.05) is 0 Å². The van der Waals surface area contributed by atoms with Gasteiger partial charge in [-0.05, 0) is 37.3 Å². The van der Waals surface area contributed by atoms with Gasteiger partial charge in [0.25, 0.3) is 0 Å². The molecule has 2 aliphatic rings. The van der Waals surface area contributed by atoms with E-state index in [1.165, 1.54) is 25.1 Å². The number of rotatable bonds is 5. The molecule has 3 aromatic rings. The highest BCUT2D eigenvalue weighted by Crippen LogP contribution is 2.47. The number of nitrogen functional groups attached to an aromatic ring is 1. The number of hydrogen-bond donors (Lipinski definition) is 2. The molecule has 0 spiro atoms. The van der Waals surface area contributed by atoms with Crippen LogP contribution in [0.4, 0.5) is 35.9 Å². The molecular weight excluding hydrogens is 503 g/mol. The van der Waals surface area contributed by atoms with E-state index >= 15 is 0 Å². The van der Waals surface area contributed by atoms with Crippen molar-refractivity contribution in [3.63, 3.8) is 0 Å². The minimum absolute atomic E-state index is 0.0335. The van der Waals surface area contributed by atoms with Crippen LogP contribution in [0.2, 0.25) is 0 Å². The molecule has 0 aliphatic carbocycles. The minimum Gasteiger partial charge on any atom is -0.489 e. The molecule has 0 saturated carbocycles. The molecule has 0 bridgehead atoms. The van der Waals surface area contributed by atoms with E-state index in [4.69, 9.17) is 19.9 Å². The van der Waals surface area contributed by atoms with E-state index in [9.17, 15) is 22.8 Å². The number of benzene rings is 3. The van der Waals surface area contributed by atoms with Crippen LogP contribution in [0.25, 0.3) is 0 Å². The molecule has 198 valence electrons. The third kappa shape index (κ3) is 4.55. The molecule has 3 atom stereocenters. The Balaban J connectivity index is 1.53. The number of nitrogens with two attached hydrogens (primary N) is 1. The Morgan fingerprint density at radius 1 is 1.05 bits per heavy atom. The summed E-state index contributed by atoms with van der Waals surface area (Å²) in [6.45, 7) is 2.74. The number of amides is 1. The van der Waals surface area contributed by atoms with Crippen LogP contribution in [0.5, 0.6) is 11.5 Å². The van der Waals surface area contributed by atoms with Crippen molar-refractivity contribution in [1.29, 1.82) is 0 Å². The number of carbonyl (C=O) groups is 2. The van der Waals surface area contributed by atoms with Gasteiger partial charge < -0.3 is 25.3 Å². The Morgan fingerprint density at radius 3 is 2.50 bits per heavy atom. The van der Waals surface area contributed by atoms with Crippen molar-refractivity contribution in [1.82, 2.24) is 0 Å². The number of halogens is 3. The number of ether oxygens (including phenoxy) is 3. The zero-order valence-corrected chi connectivity index (χ0v) is 20.4. The summed E-state index contributed by atoms with van der Waals surface area (Å²) in [5.74, 6) is -2.01. The number of esters is 1. The van der Waals surface area contributed by atoms with Gasteiger partial charge in [-0.15, -0.1) is 0 Å². The van der Waals surface area contributed by atoms with Crippen molar-refractivity contribution in [3.05, 3.63) is 71.8 Å². The largest absolute Gasteiger partial charge is 0.489 e. The Labute approximate surface area is 216 Å². The first-order chi connectivity index (χ1) is 18.0. The van der Waals surface area contributed by atoms with Crippen molar-refractivity contribution >= 4 is 34.6 Å². The Morgan fingerprint density at radius 2 is 1.79 bits per heavy atom. The lowest BCUT2D eigenvalue weighted by molar-refractivity contribution is -0.171. The van der Waals surface area contributed by atoms with Crippen LogP contribution in [-0.2, 0) is 14.3 Å². The summed E-state index contributed by atoms with van der Waals surface area (Å²) in [5.41, 5.74) is 8.47. The van der Waals surface area contributed by atoms with Gasteiger partial charge in [-0.1, -0.05) is 24.3 Å². The molecular formula is C27H24F3N3O5. The van der Waals surface area contributed by atoms with Crippen LogP contribution in [0.15, 0.2) is 60.7 Å². The van der Waals surface area contributed by atoms with Gasteiger partial charge in [0, 0.05) is 29.8 Å². The number of anilines is 4. The first-order valence-electron chi connectivity index (χ1n) is 11.8. The number of fused-ring (bicyclic) bond motifs is 2. The lowest BCUT2D eigenvalue weighted by Crippen LogP contribution is -2.44. The number of nitrogens with one attached hydrogen (secondary N) is 1. The van der Waals surface area contributed by atoms with Crippen LogP contribution in [-0.4, -0.2) is 30.8 Å². The maximum atomic E-state index is 13.8. The van der Waals surface area contributed by atoms with Crippen molar-refractivity contribution < 1.29 is 37.0 Å². The fraction of sp³-hybridized carbons (Fsp3) is 0.259. The molecule has 0 saturated heterocycles. The molecule has 5 rings (SSSR count). The van der Waals surface area contributed by atoms with E-state index in [0.717, 1.165) is 0 Å². The highest BCUT2D eigenvalue weighted by molar-refractivity contribution is 5.98. The summed E-state index contributed by atoms with van der Waals surface area (Å²) in [6, 6.07) is 15.2. The smallest absolute Gasteiger partial charge is 0.471 e. The maximum Gasteiger partial charge on any atom is 0.471 e. The van der Waals surface area contributed by atoms with Crippen molar-refractivity contribution in [3.8, 4) is 11.5 Å². The Bertz CT molecular complexity index is 1410. The summed E-state index contributed by atoms with van der Waals surface area (Å²) in [5, 5.41) is 3.15. The highest BCUT2D eigenvalue weighted by atomic mass is 19.4. The SMILES string of the molecule is CC(=O)O[C@H]1c2ccc(N(C(=O)C(F)(F)F)[C@@H]3COc4c(Nc5ccccc5N)cccc43)cc2OC1C. The van der Waals surface area contributed by atoms with Gasteiger partial charge in [-0.3, -0.25) is 14.5 Å². The molecule has 2 aliphatic heterocycles. The molecule has 0 fully saturated rings. The van der Waals surface area contributed by atoms with Gasteiger partial charge >= 0.3 is 18.1 Å². The molecule has 2 heterocycles. The second-order valence-corrected chi connectivity index (χ2v) is 9.01. The number of hydrogen-bond acceptors (Lipinski definition) is 7. The lowest BCUT2D eigenvalue weighted by Gasteiger charge is -2.29. The van der Waals surface area contributed by atoms with E-state index < -0.39 is 36.3 Å². The van der Waals surface area contributed by atoms with Crippen LogP contribution < -0.4 is 25.4 Å². The lowest BCUT2D eigenvalue weighted by atomic mass is 10.0. The Hall–Kier alpha value is -4.41. The van der Waals surface area contributed by atoms with Crippen molar-refractivity contribution in [2.24, 2.45) is 0 Å². The van der Waals surface area contributed by atoms with Gasteiger partial charge in [-0.25, -0.2) is 0 Å². The maximum absolute atomic E-state index is 13.8. The monoisotopic (exact) mass is 527 g/mol. The molecule has 8 nitrogen and oxygen atoms in total. The first-order valence-corrected chi connectivity index (χ1v) is 11.8. The molecule has 0 radical (unpaired) electrons. The predicted octanol–water partition coefficient (Wildman–Crippen LogP) is 5.43. The summed E-state index contributed by atoms with van der Waals surface area (Å²) < 4.78 is 58.4. The summed E-state index contributed by atoms with van der Waals surface area (Å²) in [6.07, 6.45) is -6.41. The summed E-state index contributed by atoms with van der Waals surface area (Å²) >= 11 is 0. The topological polar surface area (TPSA) is 103 Å². The normalized spacial score (nSPS) is 19.6. The van der Waals surface area contributed by atoms with Gasteiger partial charge in [0.2, 0.25) is 0 Å². The first kappa shape index (κ1) is 25.2. The second kappa shape index (κ2) is 9.47. The van der Waals surface area contributed by atoms with Crippen LogP contribution in [0, 0.1) is 0 Å². The molecule has 1 unspecified atom stereocenters. The second-order valence-electron chi connectivity index (χ2n) is 9.01. The number of carbonyl (C=O) groups excluding carboxylic acids is 2. The van der Waals surface area contributed by atoms with Gasteiger partial charge in [-0.2, -0.15) is 13.2 Å². The molecule has 11 heteroatoms. The van der Waals surface area contributed by atoms with E-state index in [0.29, 0.717) is 38.8 Å². The van der Waals surface area contributed by atoms with Crippen molar-refractivity contribution in [2.45, 2.75) is 38.3 Å². The van der Waals surface area contributed by atoms with Crippen LogP contribution >= 0.6 is 0 Å². The fourth-order valence-electron chi connectivity index (χ4n) is 4.74. The standard InChI is InChI=1S/C27H24F3N3O5/c1-14-24(38-15(2)34)18-11-10-16(12-23(18)37-14)33(26(35)27(28,29)30)22-13-36-25-17(22)6-5-9-21(25)32-20-8-4-3-7-19(20)31/h3-12,14,22,24,32H,13,31H2,1-2H3/t14?,22-,24-/m1/s1. The molecule has 0 aromatic heterocycles. The van der Waals surface area contributed by atoms with Crippen molar-refractivity contribution in [2.75, 3.05) is 22.6 Å². The molecule has 38 heavy (non-hydrogen) atoms. The zero-order chi connectivity index (χ0) is 27.2. The summed E-state index contributed by atoms with van der Waals surface area (Å²) in [7, 11) is 0. The Kier molecular flexibility index (Phi) is 6.29. The highest BCUT2D eigenvalue weighted by Gasteiger charge is 2.48. The van der Waals surface area contributed by atoms with Gasteiger partial charge in [0.1, 0.15) is 24.2 Å². The van der Waals surface area contributed by atoms with E-state index in [-0.39, 0.29) is 18.0 Å². The van der Waals surface area contributed by atoms with Crippen LogP contribution in [0.1, 0.15) is 37.1 Å². The number of nitrogens with zero attached hydrogens (tertiary/aromatic N) is 1. The molecule has 3 N–H and O–H groups in total. The van der Waals surface area contributed by atoms with Crippen LogP contribution in [0.3, 0.4) is 0 Å². The zero-order valence-electron chi connectivity index (χ0n) is 20.4. The average molecular weight is 527 g/mol. The van der Waals surface area contributed by atoms with E-state index in [2.05, 4.69) is 5.32 Å². The fourth-order valence-corrected chi connectivity index (χ4v) is 4.74. The number of para-hydroxylation sites is 3. The average Bonchev–Trinajstić information content (AvgIpc) is 3.41. The molecule has 3 aromatic carbocycles. The summed E-state index contributed by atoms with van der Waals surface area (Å²) in [4.78, 5) is 24.9. The predicted molar refractivity (Wildman–Crippen MR) is 133 cm³/mol. The third-order valence-corrected chi connectivity index (χ3v) is 6.41.